The third-order valence-electron chi connectivity index (χ3n) is 3.56. The van der Waals surface area contributed by atoms with Gasteiger partial charge in [0.25, 0.3) is 5.91 Å². The molecule has 0 aliphatic heterocycles. The minimum Gasteiger partial charge on any atom is -0.352 e. The maximum absolute atomic E-state index is 12.1. The normalized spacial score (nSPS) is 13.2. The van der Waals surface area contributed by atoms with E-state index in [0.29, 0.717) is 12.5 Å². The first kappa shape index (κ1) is 15.2. The molecule has 0 radical (unpaired) electrons. The number of carbonyl (C=O) groups excluding carboxylic acids is 1. The molecule has 3 heteroatoms. The van der Waals surface area contributed by atoms with Crippen LogP contribution in [0.15, 0.2) is 22.7 Å². The lowest BCUT2D eigenvalue weighted by Gasteiger charge is -2.27. The molecular weight excluding hydrogens is 290 g/mol. The van der Waals surface area contributed by atoms with E-state index in [2.05, 4.69) is 48.9 Å². The van der Waals surface area contributed by atoms with Crippen molar-refractivity contribution in [2.45, 2.75) is 34.6 Å². The van der Waals surface area contributed by atoms with Crippen molar-refractivity contribution in [1.29, 1.82) is 0 Å². The molecule has 100 valence electrons. The molecule has 1 atom stereocenters. The molecule has 1 aromatic carbocycles. The van der Waals surface area contributed by atoms with Crippen molar-refractivity contribution in [2.24, 2.45) is 11.3 Å². The van der Waals surface area contributed by atoms with Crippen molar-refractivity contribution < 1.29 is 4.79 Å². The quantitative estimate of drug-likeness (QED) is 0.892. The second-order valence-electron chi connectivity index (χ2n) is 5.89. The molecule has 0 aliphatic carbocycles. The van der Waals surface area contributed by atoms with Gasteiger partial charge in [0, 0.05) is 16.6 Å². The maximum Gasteiger partial charge on any atom is 0.251 e. The molecule has 0 aromatic heterocycles. The Hall–Kier alpha value is -0.830. The lowest BCUT2D eigenvalue weighted by molar-refractivity contribution is 0.0936. The highest BCUT2D eigenvalue weighted by Crippen LogP contribution is 2.24. The van der Waals surface area contributed by atoms with Gasteiger partial charge in [-0.05, 0) is 36.0 Å². The number of halogens is 1. The van der Waals surface area contributed by atoms with Gasteiger partial charge in [0.2, 0.25) is 0 Å². The Balaban J connectivity index is 2.70. The number of hydrogen-bond donors (Lipinski definition) is 1. The van der Waals surface area contributed by atoms with Crippen molar-refractivity contribution in [2.75, 3.05) is 6.54 Å². The molecular formula is C15H22BrNO. The first-order valence-corrected chi connectivity index (χ1v) is 7.06. The molecule has 1 unspecified atom stereocenters. The third kappa shape index (κ3) is 3.84. The Morgan fingerprint density at radius 2 is 2.00 bits per heavy atom. The summed E-state index contributed by atoms with van der Waals surface area (Å²) in [5.74, 6) is 0.443. The SMILES string of the molecule is Cc1c(Br)cccc1C(=O)NCC(C)C(C)(C)C. The van der Waals surface area contributed by atoms with Gasteiger partial charge in [-0.15, -0.1) is 0 Å². The van der Waals surface area contributed by atoms with Gasteiger partial charge in [-0.3, -0.25) is 4.79 Å². The summed E-state index contributed by atoms with van der Waals surface area (Å²) >= 11 is 3.45. The summed E-state index contributed by atoms with van der Waals surface area (Å²) in [6.07, 6.45) is 0. The zero-order valence-electron chi connectivity index (χ0n) is 11.8. The molecule has 0 fully saturated rings. The van der Waals surface area contributed by atoms with E-state index in [9.17, 15) is 4.79 Å². The van der Waals surface area contributed by atoms with Crippen LogP contribution >= 0.6 is 15.9 Å². The molecule has 1 N–H and O–H groups in total. The van der Waals surface area contributed by atoms with E-state index in [4.69, 9.17) is 0 Å². The van der Waals surface area contributed by atoms with E-state index in [1.54, 1.807) is 0 Å². The van der Waals surface area contributed by atoms with Gasteiger partial charge < -0.3 is 5.32 Å². The Kier molecular flexibility index (Phi) is 4.97. The lowest BCUT2D eigenvalue weighted by atomic mass is 9.82. The molecule has 0 saturated heterocycles. The van der Waals surface area contributed by atoms with Gasteiger partial charge in [0.05, 0.1) is 0 Å². The second kappa shape index (κ2) is 5.87. The van der Waals surface area contributed by atoms with Crippen LogP contribution in [-0.2, 0) is 0 Å². The van der Waals surface area contributed by atoms with Gasteiger partial charge in [-0.25, -0.2) is 0 Å². The summed E-state index contributed by atoms with van der Waals surface area (Å²) in [5.41, 5.74) is 1.93. The summed E-state index contributed by atoms with van der Waals surface area (Å²) in [6, 6.07) is 5.69. The van der Waals surface area contributed by atoms with Crippen molar-refractivity contribution in [3.05, 3.63) is 33.8 Å². The van der Waals surface area contributed by atoms with E-state index >= 15 is 0 Å². The number of carbonyl (C=O) groups is 1. The first-order chi connectivity index (χ1) is 8.23. The fourth-order valence-corrected chi connectivity index (χ4v) is 1.87. The van der Waals surface area contributed by atoms with Crippen LogP contribution in [0.1, 0.15) is 43.6 Å². The van der Waals surface area contributed by atoms with Crippen LogP contribution in [0.2, 0.25) is 0 Å². The molecule has 1 aromatic rings. The number of rotatable bonds is 3. The smallest absolute Gasteiger partial charge is 0.251 e. The van der Waals surface area contributed by atoms with Crippen molar-refractivity contribution in [1.82, 2.24) is 5.32 Å². The Morgan fingerprint density at radius 1 is 1.39 bits per heavy atom. The van der Waals surface area contributed by atoms with Crippen LogP contribution < -0.4 is 5.32 Å². The standard InChI is InChI=1S/C15H22BrNO/c1-10(15(3,4)5)9-17-14(18)12-7-6-8-13(16)11(12)2/h6-8,10H,9H2,1-5H3,(H,17,18). The van der Waals surface area contributed by atoms with Crippen LogP contribution in [0.4, 0.5) is 0 Å². The molecule has 0 aliphatic rings. The highest BCUT2D eigenvalue weighted by atomic mass is 79.9. The molecule has 18 heavy (non-hydrogen) atoms. The fraction of sp³-hybridized carbons (Fsp3) is 0.533. The topological polar surface area (TPSA) is 29.1 Å². The van der Waals surface area contributed by atoms with E-state index in [-0.39, 0.29) is 11.3 Å². The van der Waals surface area contributed by atoms with Crippen LogP contribution in [0.5, 0.6) is 0 Å². The molecule has 0 spiro atoms. The average Bonchev–Trinajstić information content (AvgIpc) is 2.27. The van der Waals surface area contributed by atoms with Crippen LogP contribution in [0.3, 0.4) is 0 Å². The zero-order valence-corrected chi connectivity index (χ0v) is 13.4. The van der Waals surface area contributed by atoms with Crippen molar-refractivity contribution in [3.63, 3.8) is 0 Å². The monoisotopic (exact) mass is 311 g/mol. The van der Waals surface area contributed by atoms with Gasteiger partial charge in [-0.1, -0.05) is 49.7 Å². The Morgan fingerprint density at radius 3 is 2.56 bits per heavy atom. The lowest BCUT2D eigenvalue weighted by Crippen LogP contribution is -2.34. The molecule has 1 amide bonds. The highest BCUT2D eigenvalue weighted by molar-refractivity contribution is 9.10. The van der Waals surface area contributed by atoms with Gasteiger partial charge in [0.15, 0.2) is 0 Å². The van der Waals surface area contributed by atoms with E-state index < -0.39 is 0 Å². The summed E-state index contributed by atoms with van der Waals surface area (Å²) in [5, 5.41) is 3.01. The summed E-state index contributed by atoms with van der Waals surface area (Å²) in [4.78, 5) is 12.1. The first-order valence-electron chi connectivity index (χ1n) is 6.26. The van der Waals surface area contributed by atoms with E-state index in [1.807, 2.05) is 25.1 Å². The Bertz CT molecular complexity index is 435. The van der Waals surface area contributed by atoms with Crippen LogP contribution in [-0.4, -0.2) is 12.5 Å². The zero-order chi connectivity index (χ0) is 13.9. The fourth-order valence-electron chi connectivity index (χ4n) is 1.50. The predicted octanol–water partition coefficient (Wildman–Crippen LogP) is 4.17. The second-order valence-corrected chi connectivity index (χ2v) is 6.74. The highest BCUT2D eigenvalue weighted by Gasteiger charge is 2.21. The van der Waals surface area contributed by atoms with Crippen molar-refractivity contribution in [3.8, 4) is 0 Å². The molecule has 2 nitrogen and oxygen atoms in total. The number of benzene rings is 1. The van der Waals surface area contributed by atoms with Crippen LogP contribution in [0.25, 0.3) is 0 Å². The predicted molar refractivity (Wildman–Crippen MR) is 79.8 cm³/mol. The largest absolute Gasteiger partial charge is 0.352 e. The molecule has 0 heterocycles. The summed E-state index contributed by atoms with van der Waals surface area (Å²) in [6.45, 7) is 11.4. The van der Waals surface area contributed by atoms with E-state index in [1.165, 1.54) is 0 Å². The van der Waals surface area contributed by atoms with E-state index in [0.717, 1.165) is 15.6 Å². The van der Waals surface area contributed by atoms with Gasteiger partial charge >= 0.3 is 0 Å². The summed E-state index contributed by atoms with van der Waals surface area (Å²) in [7, 11) is 0. The minimum atomic E-state index is 0.00454. The van der Waals surface area contributed by atoms with Crippen molar-refractivity contribution >= 4 is 21.8 Å². The molecule has 0 bridgehead atoms. The maximum atomic E-state index is 12.1. The number of hydrogen-bond acceptors (Lipinski definition) is 1. The van der Waals surface area contributed by atoms with Crippen LogP contribution in [0, 0.1) is 18.3 Å². The minimum absolute atomic E-state index is 0.00454. The van der Waals surface area contributed by atoms with Gasteiger partial charge in [0.1, 0.15) is 0 Å². The third-order valence-corrected chi connectivity index (χ3v) is 4.42. The molecule has 0 saturated carbocycles. The van der Waals surface area contributed by atoms with Gasteiger partial charge in [-0.2, -0.15) is 0 Å². The molecule has 1 rings (SSSR count). The Labute approximate surface area is 118 Å². The number of nitrogens with one attached hydrogen (secondary N) is 1. The summed E-state index contributed by atoms with van der Waals surface area (Å²) < 4.78 is 0.971. The average molecular weight is 312 g/mol. The number of amides is 1.